The van der Waals surface area contributed by atoms with Crippen LogP contribution in [0.4, 0.5) is 0 Å². The van der Waals surface area contributed by atoms with Crippen LogP contribution in [0, 0.1) is 0 Å². The van der Waals surface area contributed by atoms with Crippen LogP contribution in [0.5, 0.6) is 5.75 Å². The summed E-state index contributed by atoms with van der Waals surface area (Å²) in [6, 6.07) is 14.0. The quantitative estimate of drug-likeness (QED) is 0.640. The van der Waals surface area contributed by atoms with Crippen molar-refractivity contribution in [2.24, 2.45) is 0 Å². The number of benzene rings is 2. The third-order valence-electron chi connectivity index (χ3n) is 5.11. The minimum atomic E-state index is 0.0505. The summed E-state index contributed by atoms with van der Waals surface area (Å²) >= 11 is 1.73. The molecule has 2 aromatic carbocycles. The SMILES string of the molecule is CCc1nc(CN2CCN(C(=O)COc3cccc4ccccc34)CC2)cs1. The number of piperazine rings is 1. The van der Waals surface area contributed by atoms with Crippen molar-refractivity contribution in [2.45, 2.75) is 19.9 Å². The Morgan fingerprint density at radius 1 is 1.11 bits per heavy atom. The molecule has 0 bridgehead atoms. The van der Waals surface area contributed by atoms with Gasteiger partial charge in [-0.15, -0.1) is 11.3 Å². The van der Waals surface area contributed by atoms with Gasteiger partial charge in [0.05, 0.1) is 10.7 Å². The van der Waals surface area contributed by atoms with Gasteiger partial charge in [-0.3, -0.25) is 9.69 Å². The molecule has 0 radical (unpaired) electrons. The van der Waals surface area contributed by atoms with Gasteiger partial charge < -0.3 is 9.64 Å². The Balaban J connectivity index is 1.28. The van der Waals surface area contributed by atoms with Crippen molar-refractivity contribution >= 4 is 28.0 Å². The molecule has 1 aliphatic rings. The number of aromatic nitrogens is 1. The minimum Gasteiger partial charge on any atom is -0.483 e. The van der Waals surface area contributed by atoms with Crippen LogP contribution < -0.4 is 4.74 Å². The summed E-state index contributed by atoms with van der Waals surface area (Å²) in [5.74, 6) is 0.815. The highest BCUT2D eigenvalue weighted by atomic mass is 32.1. The van der Waals surface area contributed by atoms with E-state index in [1.807, 2.05) is 35.2 Å². The van der Waals surface area contributed by atoms with Crippen molar-refractivity contribution in [2.75, 3.05) is 32.8 Å². The van der Waals surface area contributed by atoms with E-state index >= 15 is 0 Å². The molecule has 0 spiro atoms. The van der Waals surface area contributed by atoms with Crippen molar-refractivity contribution in [3.63, 3.8) is 0 Å². The van der Waals surface area contributed by atoms with Crippen LogP contribution in [-0.4, -0.2) is 53.5 Å². The molecule has 3 aromatic rings. The molecule has 6 heteroatoms. The highest BCUT2D eigenvalue weighted by Crippen LogP contribution is 2.25. The van der Waals surface area contributed by atoms with Gasteiger partial charge in [0.1, 0.15) is 5.75 Å². The number of carbonyl (C=O) groups is 1. The summed E-state index contributed by atoms with van der Waals surface area (Å²) in [6.45, 7) is 6.31. The van der Waals surface area contributed by atoms with Crippen molar-refractivity contribution in [1.29, 1.82) is 0 Å². The fraction of sp³-hybridized carbons (Fsp3) is 0.364. The molecule has 1 saturated heterocycles. The summed E-state index contributed by atoms with van der Waals surface area (Å²) in [6.07, 6.45) is 0.990. The fourth-order valence-electron chi connectivity index (χ4n) is 3.52. The van der Waals surface area contributed by atoms with Gasteiger partial charge in [0.15, 0.2) is 6.61 Å². The first-order chi connectivity index (χ1) is 13.7. The monoisotopic (exact) mass is 395 g/mol. The molecule has 0 aliphatic carbocycles. The lowest BCUT2D eigenvalue weighted by Crippen LogP contribution is -2.49. The lowest BCUT2D eigenvalue weighted by atomic mass is 10.1. The standard InChI is InChI=1S/C22H25N3O2S/c1-2-21-23-18(16-28-21)14-24-10-12-25(13-11-24)22(26)15-27-20-9-5-7-17-6-3-4-8-19(17)20/h3-9,16H,2,10-15H2,1H3. The smallest absolute Gasteiger partial charge is 0.260 e. The average molecular weight is 396 g/mol. The second kappa shape index (κ2) is 8.71. The van der Waals surface area contributed by atoms with Crippen molar-refractivity contribution in [3.8, 4) is 5.75 Å². The number of ether oxygens (including phenoxy) is 1. The second-order valence-electron chi connectivity index (χ2n) is 7.01. The van der Waals surface area contributed by atoms with Crippen LogP contribution in [0.2, 0.25) is 0 Å². The average Bonchev–Trinajstić information content (AvgIpc) is 3.20. The molecule has 28 heavy (non-hydrogen) atoms. The number of nitrogens with zero attached hydrogens (tertiary/aromatic N) is 3. The maximum Gasteiger partial charge on any atom is 0.260 e. The first-order valence-corrected chi connectivity index (χ1v) is 10.6. The van der Waals surface area contributed by atoms with Crippen LogP contribution in [0.1, 0.15) is 17.6 Å². The van der Waals surface area contributed by atoms with Crippen molar-refractivity contribution in [3.05, 3.63) is 58.5 Å². The summed E-state index contributed by atoms with van der Waals surface area (Å²) in [5.41, 5.74) is 1.14. The molecule has 1 aromatic heterocycles. The molecule has 146 valence electrons. The molecule has 1 aliphatic heterocycles. The Bertz CT molecular complexity index is 942. The van der Waals surface area contributed by atoms with Gasteiger partial charge in [-0.2, -0.15) is 0 Å². The van der Waals surface area contributed by atoms with Crippen LogP contribution in [0.25, 0.3) is 10.8 Å². The molecule has 1 amide bonds. The maximum atomic E-state index is 12.6. The van der Waals surface area contributed by atoms with E-state index in [0.29, 0.717) is 0 Å². The molecular formula is C22H25N3O2S. The van der Waals surface area contributed by atoms with E-state index in [9.17, 15) is 4.79 Å². The topological polar surface area (TPSA) is 45.7 Å². The van der Waals surface area contributed by atoms with Crippen LogP contribution in [0.3, 0.4) is 0 Å². The minimum absolute atomic E-state index is 0.0505. The lowest BCUT2D eigenvalue weighted by Gasteiger charge is -2.34. The summed E-state index contributed by atoms with van der Waals surface area (Å²) in [5, 5.41) is 5.50. The molecule has 0 saturated carbocycles. The molecule has 5 nitrogen and oxygen atoms in total. The zero-order valence-corrected chi connectivity index (χ0v) is 17.0. The van der Waals surface area contributed by atoms with Gasteiger partial charge in [-0.25, -0.2) is 4.98 Å². The van der Waals surface area contributed by atoms with Crippen LogP contribution in [0.15, 0.2) is 47.8 Å². The fourth-order valence-corrected chi connectivity index (χ4v) is 4.26. The van der Waals surface area contributed by atoms with Gasteiger partial charge in [0, 0.05) is 43.5 Å². The first kappa shape index (κ1) is 18.9. The largest absolute Gasteiger partial charge is 0.483 e. The van der Waals surface area contributed by atoms with E-state index in [4.69, 9.17) is 4.74 Å². The normalized spacial score (nSPS) is 15.1. The third kappa shape index (κ3) is 4.34. The molecule has 0 atom stereocenters. The van der Waals surface area contributed by atoms with Gasteiger partial charge in [0.2, 0.25) is 0 Å². The lowest BCUT2D eigenvalue weighted by molar-refractivity contribution is -0.135. The summed E-state index contributed by atoms with van der Waals surface area (Å²) in [4.78, 5) is 21.5. The Morgan fingerprint density at radius 3 is 2.68 bits per heavy atom. The van der Waals surface area contributed by atoms with E-state index < -0.39 is 0 Å². The molecular weight excluding hydrogens is 370 g/mol. The predicted molar refractivity (Wildman–Crippen MR) is 113 cm³/mol. The van der Waals surface area contributed by atoms with Crippen LogP contribution >= 0.6 is 11.3 Å². The van der Waals surface area contributed by atoms with Crippen molar-refractivity contribution in [1.82, 2.24) is 14.8 Å². The van der Waals surface area contributed by atoms with Gasteiger partial charge in [-0.1, -0.05) is 43.3 Å². The number of aryl methyl sites for hydroxylation is 1. The summed E-state index contributed by atoms with van der Waals surface area (Å²) < 4.78 is 5.86. The van der Waals surface area contributed by atoms with Crippen molar-refractivity contribution < 1.29 is 9.53 Å². The molecule has 2 heterocycles. The molecule has 1 fully saturated rings. The third-order valence-corrected chi connectivity index (χ3v) is 6.16. The maximum absolute atomic E-state index is 12.6. The first-order valence-electron chi connectivity index (χ1n) is 9.77. The van der Waals surface area contributed by atoms with E-state index in [1.54, 1.807) is 11.3 Å². The molecule has 4 rings (SSSR count). The zero-order valence-electron chi connectivity index (χ0n) is 16.1. The number of carbonyl (C=O) groups excluding carboxylic acids is 1. The van der Waals surface area contributed by atoms with E-state index in [-0.39, 0.29) is 12.5 Å². The van der Waals surface area contributed by atoms with Gasteiger partial charge >= 0.3 is 0 Å². The number of amides is 1. The number of hydrogen-bond donors (Lipinski definition) is 0. The van der Waals surface area contributed by atoms with E-state index in [1.165, 1.54) is 5.01 Å². The number of fused-ring (bicyclic) bond motifs is 1. The molecule has 0 unspecified atom stereocenters. The summed E-state index contributed by atoms with van der Waals surface area (Å²) in [7, 11) is 0. The second-order valence-corrected chi connectivity index (χ2v) is 7.95. The Labute approximate surface area is 169 Å². The van der Waals surface area contributed by atoms with E-state index in [2.05, 4.69) is 34.3 Å². The highest BCUT2D eigenvalue weighted by molar-refractivity contribution is 7.09. The van der Waals surface area contributed by atoms with Gasteiger partial charge in [0.25, 0.3) is 5.91 Å². The Kier molecular flexibility index (Phi) is 5.88. The number of thiazole rings is 1. The van der Waals surface area contributed by atoms with E-state index in [0.717, 1.165) is 61.4 Å². The zero-order chi connectivity index (χ0) is 19.3. The Hall–Kier alpha value is -2.44. The van der Waals surface area contributed by atoms with Gasteiger partial charge in [-0.05, 0) is 17.9 Å². The predicted octanol–water partition coefficient (Wildman–Crippen LogP) is 3.58. The number of rotatable bonds is 6. The Morgan fingerprint density at radius 2 is 1.89 bits per heavy atom. The number of hydrogen-bond acceptors (Lipinski definition) is 5. The molecule has 0 N–H and O–H groups in total. The van der Waals surface area contributed by atoms with Crippen LogP contribution in [-0.2, 0) is 17.8 Å². The highest BCUT2D eigenvalue weighted by Gasteiger charge is 2.22.